The van der Waals surface area contributed by atoms with E-state index in [2.05, 4.69) is 0 Å². The van der Waals surface area contributed by atoms with Crippen molar-refractivity contribution in [3.05, 3.63) is 82.4 Å². The number of rotatable bonds is 5. The van der Waals surface area contributed by atoms with E-state index in [1.54, 1.807) is 42.5 Å². The van der Waals surface area contributed by atoms with Crippen molar-refractivity contribution in [2.45, 2.75) is 4.90 Å². The maximum atomic E-state index is 11.9. The van der Waals surface area contributed by atoms with Crippen molar-refractivity contribution < 1.29 is 13.2 Å². The van der Waals surface area contributed by atoms with Crippen LogP contribution in [0.3, 0.4) is 0 Å². The highest BCUT2D eigenvalue weighted by Gasteiger charge is 2.14. The lowest BCUT2D eigenvalue weighted by atomic mass is 9.96. The molecule has 1 amide bonds. The number of nitrogens with two attached hydrogens (primary N) is 3. The molecule has 0 aromatic heterocycles. The summed E-state index contributed by atoms with van der Waals surface area (Å²) >= 11 is 6.00. The van der Waals surface area contributed by atoms with Crippen LogP contribution in [-0.2, 0) is 10.0 Å². The van der Waals surface area contributed by atoms with Gasteiger partial charge in [0, 0.05) is 10.6 Å². The van der Waals surface area contributed by atoms with Gasteiger partial charge in [0.2, 0.25) is 10.0 Å². The van der Waals surface area contributed by atoms with Gasteiger partial charge in [-0.25, -0.2) is 13.6 Å². The standard InChI is InChI=1S/C21H18ClN3O3S/c22-16-3-1-2-13(10-16)4-5-14-11-18(20(23)19(12-14)21(24)26)15-6-8-17(9-7-15)29(25,27)28/h1-12H,23H2,(H2,24,26)(H2,25,27,28). The number of sulfonamides is 1. The highest BCUT2D eigenvalue weighted by atomic mass is 35.5. The minimum Gasteiger partial charge on any atom is -0.398 e. The van der Waals surface area contributed by atoms with E-state index >= 15 is 0 Å². The fraction of sp³-hybridized carbons (Fsp3) is 0. The Morgan fingerprint density at radius 1 is 0.931 bits per heavy atom. The zero-order valence-corrected chi connectivity index (χ0v) is 16.7. The number of halogens is 1. The maximum Gasteiger partial charge on any atom is 0.250 e. The van der Waals surface area contributed by atoms with E-state index in [1.165, 1.54) is 12.1 Å². The molecule has 0 unspecified atom stereocenters. The molecule has 8 heteroatoms. The number of hydrogen-bond donors (Lipinski definition) is 3. The summed E-state index contributed by atoms with van der Waals surface area (Å²) in [5.74, 6) is -0.664. The van der Waals surface area contributed by atoms with E-state index in [-0.39, 0.29) is 16.1 Å². The van der Waals surface area contributed by atoms with E-state index in [0.29, 0.717) is 21.7 Å². The molecular formula is C21H18ClN3O3S. The summed E-state index contributed by atoms with van der Waals surface area (Å²) in [5.41, 5.74) is 14.8. The predicted octanol–water partition coefficient (Wildman–Crippen LogP) is 3.51. The second kappa shape index (κ2) is 8.08. The Bertz CT molecular complexity index is 1220. The fourth-order valence-corrected chi connectivity index (χ4v) is 3.56. The molecule has 0 spiro atoms. The smallest absolute Gasteiger partial charge is 0.250 e. The quantitative estimate of drug-likeness (QED) is 0.425. The molecular weight excluding hydrogens is 410 g/mol. The highest BCUT2D eigenvalue weighted by molar-refractivity contribution is 7.89. The number of carbonyl (C=O) groups excluding carboxylic acids is 1. The molecule has 0 aliphatic rings. The second-order valence-corrected chi connectivity index (χ2v) is 8.35. The van der Waals surface area contributed by atoms with E-state index in [4.69, 9.17) is 28.2 Å². The van der Waals surface area contributed by atoms with Gasteiger partial charge in [0.15, 0.2) is 0 Å². The SMILES string of the molecule is NC(=O)c1cc(C=Cc2cccc(Cl)c2)cc(-c2ccc(S(N)(=O)=O)cc2)c1N. The van der Waals surface area contributed by atoms with Gasteiger partial charge in [-0.1, -0.05) is 48.0 Å². The molecule has 0 aliphatic carbocycles. The first kappa shape index (κ1) is 20.6. The molecule has 0 bridgehead atoms. The third-order valence-corrected chi connectivity index (χ3v) is 5.44. The molecule has 0 aliphatic heterocycles. The average molecular weight is 428 g/mol. The van der Waals surface area contributed by atoms with Crippen LogP contribution in [-0.4, -0.2) is 14.3 Å². The summed E-state index contributed by atoms with van der Waals surface area (Å²) < 4.78 is 22.9. The Labute approximate surface area is 173 Å². The monoisotopic (exact) mass is 427 g/mol. The molecule has 29 heavy (non-hydrogen) atoms. The molecule has 148 valence electrons. The zero-order valence-electron chi connectivity index (χ0n) is 15.2. The lowest BCUT2D eigenvalue weighted by molar-refractivity contribution is 0.100. The molecule has 0 fully saturated rings. The summed E-state index contributed by atoms with van der Waals surface area (Å²) in [6.45, 7) is 0. The molecule has 0 atom stereocenters. The molecule has 6 nitrogen and oxygen atoms in total. The number of carbonyl (C=O) groups is 1. The van der Waals surface area contributed by atoms with Crippen LogP contribution < -0.4 is 16.6 Å². The van der Waals surface area contributed by atoms with Crippen LogP contribution in [0.5, 0.6) is 0 Å². The van der Waals surface area contributed by atoms with Gasteiger partial charge in [-0.15, -0.1) is 0 Å². The van der Waals surface area contributed by atoms with Gasteiger partial charge in [-0.3, -0.25) is 4.79 Å². The third-order valence-electron chi connectivity index (χ3n) is 4.28. The molecule has 3 rings (SSSR count). The molecule has 3 aromatic rings. The van der Waals surface area contributed by atoms with Crippen LogP contribution in [0.1, 0.15) is 21.5 Å². The van der Waals surface area contributed by atoms with Crippen LogP contribution in [0.25, 0.3) is 23.3 Å². The minimum absolute atomic E-state index is 0.0213. The first-order chi connectivity index (χ1) is 13.6. The first-order valence-electron chi connectivity index (χ1n) is 8.45. The fourth-order valence-electron chi connectivity index (χ4n) is 2.84. The number of primary sulfonamides is 1. The summed E-state index contributed by atoms with van der Waals surface area (Å²) in [5, 5.41) is 5.75. The van der Waals surface area contributed by atoms with Crippen molar-refractivity contribution in [2.24, 2.45) is 10.9 Å². The Kier molecular flexibility index (Phi) is 5.74. The average Bonchev–Trinajstić information content (AvgIpc) is 2.66. The molecule has 0 saturated heterocycles. The van der Waals surface area contributed by atoms with Gasteiger partial charge in [0.05, 0.1) is 16.1 Å². The summed E-state index contributed by atoms with van der Waals surface area (Å²) in [7, 11) is -3.81. The van der Waals surface area contributed by atoms with E-state index < -0.39 is 15.9 Å². The summed E-state index contributed by atoms with van der Waals surface area (Å²) in [4.78, 5) is 11.8. The number of nitrogen functional groups attached to an aromatic ring is 1. The number of anilines is 1. The van der Waals surface area contributed by atoms with Crippen LogP contribution in [0.4, 0.5) is 5.69 Å². The Morgan fingerprint density at radius 3 is 2.17 bits per heavy atom. The number of hydrogen-bond acceptors (Lipinski definition) is 4. The van der Waals surface area contributed by atoms with Crippen molar-refractivity contribution in [1.29, 1.82) is 0 Å². The van der Waals surface area contributed by atoms with Gasteiger partial charge in [-0.2, -0.15) is 0 Å². The van der Waals surface area contributed by atoms with Crippen LogP contribution in [0.15, 0.2) is 65.6 Å². The predicted molar refractivity (Wildman–Crippen MR) is 117 cm³/mol. The molecule has 0 radical (unpaired) electrons. The van der Waals surface area contributed by atoms with Crippen molar-refractivity contribution in [3.63, 3.8) is 0 Å². The summed E-state index contributed by atoms with van der Waals surface area (Å²) in [6.07, 6.45) is 3.65. The highest BCUT2D eigenvalue weighted by Crippen LogP contribution is 2.31. The van der Waals surface area contributed by atoms with Gasteiger partial charge in [-0.05, 0) is 53.1 Å². The zero-order chi connectivity index (χ0) is 21.2. The van der Waals surface area contributed by atoms with Crippen LogP contribution in [0, 0.1) is 0 Å². The van der Waals surface area contributed by atoms with E-state index in [0.717, 1.165) is 5.56 Å². The maximum absolute atomic E-state index is 11.9. The normalized spacial score (nSPS) is 11.7. The minimum atomic E-state index is -3.81. The van der Waals surface area contributed by atoms with Crippen molar-refractivity contribution in [1.82, 2.24) is 0 Å². The topological polar surface area (TPSA) is 129 Å². The first-order valence-corrected chi connectivity index (χ1v) is 10.4. The Hall–Kier alpha value is -3.13. The second-order valence-electron chi connectivity index (χ2n) is 6.35. The van der Waals surface area contributed by atoms with E-state index in [9.17, 15) is 13.2 Å². The Balaban J connectivity index is 2.08. The number of benzene rings is 3. The van der Waals surface area contributed by atoms with Crippen LogP contribution >= 0.6 is 11.6 Å². The van der Waals surface area contributed by atoms with Gasteiger partial charge in [0.25, 0.3) is 5.91 Å². The van der Waals surface area contributed by atoms with Gasteiger partial charge >= 0.3 is 0 Å². The van der Waals surface area contributed by atoms with Crippen molar-refractivity contribution >= 4 is 45.4 Å². The van der Waals surface area contributed by atoms with Crippen LogP contribution in [0.2, 0.25) is 5.02 Å². The molecule has 3 aromatic carbocycles. The molecule has 0 heterocycles. The largest absolute Gasteiger partial charge is 0.398 e. The molecule has 6 N–H and O–H groups in total. The number of primary amides is 1. The molecule has 0 saturated carbocycles. The number of amides is 1. The lowest BCUT2D eigenvalue weighted by Crippen LogP contribution is -2.14. The van der Waals surface area contributed by atoms with Crippen molar-refractivity contribution in [3.8, 4) is 11.1 Å². The summed E-state index contributed by atoms with van der Waals surface area (Å²) in [6, 6.07) is 16.6. The van der Waals surface area contributed by atoms with Gasteiger partial charge in [0.1, 0.15) is 0 Å². The third kappa shape index (κ3) is 4.83. The lowest BCUT2D eigenvalue weighted by Gasteiger charge is -2.12. The van der Waals surface area contributed by atoms with Gasteiger partial charge < -0.3 is 11.5 Å². The van der Waals surface area contributed by atoms with E-state index in [1.807, 2.05) is 18.2 Å². The van der Waals surface area contributed by atoms with Crippen molar-refractivity contribution in [2.75, 3.05) is 5.73 Å². The Morgan fingerprint density at radius 2 is 1.59 bits per heavy atom.